The number of carbonyl (C=O) groups excluding carboxylic acids is 3. The van der Waals surface area contributed by atoms with Gasteiger partial charge in [-0.1, -0.05) is 32.8 Å². The van der Waals surface area contributed by atoms with Gasteiger partial charge in [-0.3, -0.25) is 19.3 Å². The van der Waals surface area contributed by atoms with Crippen LogP contribution in [0.3, 0.4) is 0 Å². The molecule has 0 aromatic rings. The fourth-order valence-corrected chi connectivity index (χ4v) is 5.53. The van der Waals surface area contributed by atoms with E-state index in [9.17, 15) is 14.4 Å². The average molecular weight is 359 g/mol. The number of fused-ring (bicyclic) bond motifs is 2. The third kappa shape index (κ3) is 2.80. The number of hydrogen-bond acceptors (Lipinski definition) is 4. The highest BCUT2D eigenvalue weighted by Gasteiger charge is 2.51. The van der Waals surface area contributed by atoms with Crippen LogP contribution in [-0.4, -0.2) is 35.8 Å². The second kappa shape index (κ2) is 6.50. The molecule has 4 aliphatic carbocycles. The smallest absolute Gasteiger partial charge is 0.307 e. The summed E-state index contributed by atoms with van der Waals surface area (Å²) >= 11 is 0. The number of imide groups is 1. The van der Waals surface area contributed by atoms with E-state index in [1.54, 1.807) is 0 Å². The number of esters is 1. The molecule has 0 radical (unpaired) electrons. The number of allylic oxidation sites excluding steroid dienone is 1. The molecule has 1 aliphatic heterocycles. The van der Waals surface area contributed by atoms with Crippen molar-refractivity contribution in [3.8, 4) is 0 Å². The van der Waals surface area contributed by atoms with E-state index < -0.39 is 0 Å². The van der Waals surface area contributed by atoms with E-state index in [0.29, 0.717) is 17.9 Å². The SMILES string of the molecule is CC1(C)[C@H]2CC=C(COC(=O)CCN3C(=O)[C@H]4CCCC[C@@H]4C3=O)[C@@H]1C2. The van der Waals surface area contributed by atoms with Gasteiger partial charge in [0.1, 0.15) is 6.61 Å². The molecule has 5 heteroatoms. The summed E-state index contributed by atoms with van der Waals surface area (Å²) in [4.78, 5) is 38.3. The van der Waals surface area contributed by atoms with Gasteiger partial charge in [0.25, 0.3) is 0 Å². The van der Waals surface area contributed by atoms with Gasteiger partial charge in [0.05, 0.1) is 18.3 Å². The number of nitrogens with zero attached hydrogens (tertiary/aromatic N) is 1. The summed E-state index contributed by atoms with van der Waals surface area (Å²) in [5.41, 5.74) is 1.56. The Kier molecular flexibility index (Phi) is 4.44. The quantitative estimate of drug-likeness (QED) is 0.430. The maximum atomic E-state index is 12.4. The predicted molar refractivity (Wildman–Crippen MR) is 95.8 cm³/mol. The van der Waals surface area contributed by atoms with Crippen LogP contribution in [0.25, 0.3) is 0 Å². The summed E-state index contributed by atoms with van der Waals surface area (Å²) in [6.07, 6.45) is 8.26. The maximum Gasteiger partial charge on any atom is 0.307 e. The minimum Gasteiger partial charge on any atom is -0.461 e. The molecule has 1 heterocycles. The van der Waals surface area contributed by atoms with Crippen molar-refractivity contribution in [1.29, 1.82) is 0 Å². The summed E-state index contributed by atoms with van der Waals surface area (Å²) in [6, 6.07) is 0. The molecule has 0 aromatic heterocycles. The van der Waals surface area contributed by atoms with Crippen LogP contribution in [0.2, 0.25) is 0 Å². The lowest BCUT2D eigenvalue weighted by atomic mass is 9.49. The first-order valence-corrected chi connectivity index (χ1v) is 10.1. The monoisotopic (exact) mass is 359 g/mol. The Hall–Kier alpha value is -1.65. The Morgan fingerprint density at radius 3 is 2.42 bits per heavy atom. The fourth-order valence-electron chi connectivity index (χ4n) is 5.53. The van der Waals surface area contributed by atoms with Crippen molar-refractivity contribution >= 4 is 17.8 Å². The lowest BCUT2D eigenvalue weighted by Crippen LogP contribution is -2.48. The highest BCUT2D eigenvalue weighted by molar-refractivity contribution is 6.05. The highest BCUT2D eigenvalue weighted by Crippen LogP contribution is 2.59. The van der Waals surface area contributed by atoms with E-state index in [2.05, 4.69) is 19.9 Å². The van der Waals surface area contributed by atoms with E-state index >= 15 is 0 Å². The highest BCUT2D eigenvalue weighted by atomic mass is 16.5. The number of carbonyl (C=O) groups is 3. The lowest BCUT2D eigenvalue weighted by Gasteiger charge is -2.56. The normalized spacial score (nSPS) is 34.8. The van der Waals surface area contributed by atoms with Crippen molar-refractivity contribution in [2.45, 2.75) is 58.8 Å². The fraction of sp³-hybridized carbons (Fsp3) is 0.762. The van der Waals surface area contributed by atoms with E-state index in [-0.39, 0.29) is 42.6 Å². The molecule has 26 heavy (non-hydrogen) atoms. The van der Waals surface area contributed by atoms with Crippen molar-refractivity contribution in [2.75, 3.05) is 13.2 Å². The van der Waals surface area contributed by atoms with E-state index in [1.165, 1.54) is 16.9 Å². The molecule has 5 nitrogen and oxygen atoms in total. The van der Waals surface area contributed by atoms with Crippen molar-refractivity contribution in [2.24, 2.45) is 29.1 Å². The van der Waals surface area contributed by atoms with Crippen molar-refractivity contribution in [3.63, 3.8) is 0 Å². The molecule has 1 saturated heterocycles. The Labute approximate surface area is 155 Å². The summed E-state index contributed by atoms with van der Waals surface area (Å²) < 4.78 is 5.46. The Balaban J connectivity index is 1.26. The maximum absolute atomic E-state index is 12.4. The van der Waals surface area contributed by atoms with Gasteiger partial charge in [-0.05, 0) is 48.5 Å². The Bertz CT molecular complexity index is 641. The van der Waals surface area contributed by atoms with Crippen molar-refractivity contribution < 1.29 is 19.1 Å². The molecular weight excluding hydrogens is 330 g/mol. The standard InChI is InChI=1S/C21H29NO4/c1-21(2)14-8-7-13(17(21)11-14)12-26-18(23)9-10-22-19(24)15-5-3-4-6-16(15)20(22)25/h7,14-17H,3-6,8-12H2,1-2H3/t14-,15-,16-,17-/m0/s1. The minimum atomic E-state index is -0.319. The van der Waals surface area contributed by atoms with Crippen molar-refractivity contribution in [1.82, 2.24) is 4.90 Å². The molecule has 0 aromatic carbocycles. The third-order valence-corrected chi connectivity index (χ3v) is 7.45. The van der Waals surface area contributed by atoms with E-state index in [4.69, 9.17) is 4.74 Å². The zero-order valence-electron chi connectivity index (χ0n) is 15.8. The van der Waals surface area contributed by atoms with Crippen LogP contribution in [0, 0.1) is 29.1 Å². The molecule has 142 valence electrons. The van der Waals surface area contributed by atoms with Gasteiger partial charge in [-0.15, -0.1) is 0 Å². The van der Waals surface area contributed by atoms with Crippen molar-refractivity contribution in [3.05, 3.63) is 11.6 Å². The molecule has 4 atom stereocenters. The molecule has 5 aliphatic rings. The minimum absolute atomic E-state index is 0.0789. The number of hydrogen-bond donors (Lipinski definition) is 0. The number of amides is 2. The van der Waals surface area contributed by atoms with Crippen LogP contribution in [0.15, 0.2) is 11.6 Å². The number of likely N-dealkylation sites (tertiary alicyclic amines) is 1. The number of ether oxygens (including phenoxy) is 1. The van der Waals surface area contributed by atoms with Gasteiger partial charge in [0.15, 0.2) is 0 Å². The van der Waals surface area contributed by atoms with Gasteiger partial charge in [-0.2, -0.15) is 0 Å². The topological polar surface area (TPSA) is 63.7 Å². The molecule has 3 fully saturated rings. The molecular formula is C21H29NO4. The van der Waals surface area contributed by atoms with E-state index in [1.807, 2.05) is 0 Å². The molecule has 0 N–H and O–H groups in total. The summed E-state index contributed by atoms with van der Waals surface area (Å²) in [5, 5.41) is 0. The molecule has 2 bridgehead atoms. The van der Waals surface area contributed by atoms with Crippen LogP contribution < -0.4 is 0 Å². The summed E-state index contributed by atoms with van der Waals surface area (Å²) in [6.45, 7) is 5.11. The van der Waals surface area contributed by atoms with Gasteiger partial charge in [0, 0.05) is 6.54 Å². The van der Waals surface area contributed by atoms with Gasteiger partial charge >= 0.3 is 5.97 Å². The molecule has 2 amide bonds. The Morgan fingerprint density at radius 1 is 1.19 bits per heavy atom. The van der Waals surface area contributed by atoms with E-state index in [0.717, 1.165) is 38.0 Å². The second-order valence-electron chi connectivity index (χ2n) is 9.06. The van der Waals surface area contributed by atoms with Gasteiger partial charge in [0.2, 0.25) is 11.8 Å². The molecule has 0 spiro atoms. The van der Waals surface area contributed by atoms with Gasteiger partial charge in [-0.25, -0.2) is 0 Å². The van der Waals surface area contributed by atoms with Crippen LogP contribution in [0.5, 0.6) is 0 Å². The van der Waals surface area contributed by atoms with Crippen LogP contribution >= 0.6 is 0 Å². The van der Waals surface area contributed by atoms with Crippen LogP contribution in [0.4, 0.5) is 0 Å². The van der Waals surface area contributed by atoms with Gasteiger partial charge < -0.3 is 4.74 Å². The second-order valence-corrected chi connectivity index (χ2v) is 9.06. The lowest BCUT2D eigenvalue weighted by molar-refractivity contribution is -0.145. The summed E-state index contributed by atoms with van der Waals surface area (Å²) in [7, 11) is 0. The summed E-state index contributed by atoms with van der Waals surface area (Å²) in [5.74, 6) is 0.527. The first-order chi connectivity index (χ1) is 12.4. The van der Waals surface area contributed by atoms with Crippen LogP contribution in [0.1, 0.15) is 58.8 Å². The average Bonchev–Trinajstić information content (AvgIpc) is 2.89. The number of rotatable bonds is 5. The zero-order chi connectivity index (χ0) is 18.5. The van der Waals surface area contributed by atoms with Crippen LogP contribution in [-0.2, 0) is 19.1 Å². The Morgan fingerprint density at radius 2 is 1.85 bits per heavy atom. The molecule has 0 unspecified atom stereocenters. The molecule has 5 rings (SSSR count). The molecule has 2 saturated carbocycles. The largest absolute Gasteiger partial charge is 0.461 e. The first kappa shape index (κ1) is 17.7. The zero-order valence-corrected chi connectivity index (χ0v) is 15.8. The predicted octanol–water partition coefficient (Wildman–Crippen LogP) is 3.09. The third-order valence-electron chi connectivity index (χ3n) is 7.45. The first-order valence-electron chi connectivity index (χ1n) is 10.1.